The Balaban J connectivity index is 2.37. The van der Waals surface area contributed by atoms with Gasteiger partial charge in [0, 0.05) is 21.9 Å². The van der Waals surface area contributed by atoms with Crippen LogP contribution in [0.15, 0.2) is 30.4 Å². The van der Waals surface area contributed by atoms with Gasteiger partial charge in [-0.25, -0.2) is 0 Å². The molecule has 86 valence electrons. The zero-order chi connectivity index (χ0) is 12.1. The van der Waals surface area contributed by atoms with Crippen molar-refractivity contribution in [2.75, 3.05) is 0 Å². The van der Waals surface area contributed by atoms with E-state index < -0.39 is 0 Å². The van der Waals surface area contributed by atoms with E-state index in [0.717, 1.165) is 11.1 Å². The third-order valence-electron chi connectivity index (χ3n) is 3.22. The molecular formula is C13H13Cl3. The van der Waals surface area contributed by atoms with Crippen LogP contribution in [-0.2, 0) is 0 Å². The van der Waals surface area contributed by atoms with Gasteiger partial charge in [0.15, 0.2) is 0 Å². The molecule has 1 fully saturated rings. The van der Waals surface area contributed by atoms with Gasteiger partial charge < -0.3 is 0 Å². The van der Waals surface area contributed by atoms with Crippen molar-refractivity contribution in [3.05, 3.63) is 46.0 Å². The highest BCUT2D eigenvalue weighted by molar-refractivity contribution is 6.34. The fraction of sp³-hybridized carbons (Fsp3) is 0.385. The fourth-order valence-electron chi connectivity index (χ4n) is 2.52. The van der Waals surface area contributed by atoms with Crippen molar-refractivity contribution in [2.45, 2.75) is 24.6 Å². The van der Waals surface area contributed by atoms with E-state index in [4.69, 9.17) is 34.8 Å². The lowest BCUT2D eigenvalue weighted by atomic mass is 10.1. The molecule has 0 N–H and O–H groups in total. The van der Waals surface area contributed by atoms with Gasteiger partial charge in [-0.15, -0.1) is 11.6 Å². The summed E-state index contributed by atoms with van der Waals surface area (Å²) in [5, 5.41) is 1.31. The minimum atomic E-state index is -0.250. The number of benzene rings is 1. The molecule has 0 radical (unpaired) electrons. The van der Waals surface area contributed by atoms with Crippen molar-refractivity contribution < 1.29 is 0 Å². The zero-order valence-corrected chi connectivity index (χ0v) is 11.5. The van der Waals surface area contributed by atoms with Crippen molar-refractivity contribution in [2.24, 2.45) is 5.92 Å². The summed E-state index contributed by atoms with van der Waals surface area (Å²) in [6.07, 6.45) is 0. The Morgan fingerprint density at radius 1 is 1.25 bits per heavy atom. The van der Waals surface area contributed by atoms with Crippen LogP contribution in [0.4, 0.5) is 0 Å². The largest absolute Gasteiger partial charge is 0.118 e. The first-order valence-corrected chi connectivity index (χ1v) is 6.27. The molecule has 0 heterocycles. The van der Waals surface area contributed by atoms with Crippen LogP contribution in [0.3, 0.4) is 0 Å². The Kier molecular flexibility index (Phi) is 3.03. The molecule has 1 aliphatic rings. The number of rotatable bonds is 2. The van der Waals surface area contributed by atoms with Crippen molar-refractivity contribution in [3.63, 3.8) is 0 Å². The summed E-state index contributed by atoms with van der Waals surface area (Å²) in [5.41, 5.74) is 2.21. The maximum absolute atomic E-state index is 6.46. The molecule has 3 atom stereocenters. The molecule has 1 saturated carbocycles. The van der Waals surface area contributed by atoms with E-state index in [0.29, 0.717) is 16.0 Å². The number of alkyl halides is 1. The quantitative estimate of drug-likeness (QED) is 0.509. The third kappa shape index (κ3) is 1.99. The zero-order valence-electron chi connectivity index (χ0n) is 9.23. The summed E-state index contributed by atoms with van der Waals surface area (Å²) in [5.74, 6) is 0.576. The van der Waals surface area contributed by atoms with Gasteiger partial charge in [-0.05, 0) is 37.6 Å². The number of hydrogen-bond donors (Lipinski definition) is 0. The maximum atomic E-state index is 6.46. The molecule has 0 aromatic heterocycles. The first-order chi connectivity index (χ1) is 7.34. The van der Waals surface area contributed by atoms with Crippen LogP contribution in [0, 0.1) is 5.92 Å². The summed E-state index contributed by atoms with van der Waals surface area (Å²) < 4.78 is 0. The van der Waals surface area contributed by atoms with E-state index in [1.165, 1.54) is 0 Å². The summed E-state index contributed by atoms with van der Waals surface area (Å²) in [7, 11) is 0. The van der Waals surface area contributed by atoms with Crippen LogP contribution in [0.2, 0.25) is 10.0 Å². The molecule has 0 spiro atoms. The first kappa shape index (κ1) is 12.3. The standard InChI is InChI=1S/C13H13Cl3/c1-7(2)11-12(13(11,3)16)8-4-9(14)6-10(15)5-8/h4-6,11-12H,1H2,2-3H3. The topological polar surface area (TPSA) is 0 Å². The molecule has 16 heavy (non-hydrogen) atoms. The van der Waals surface area contributed by atoms with E-state index in [-0.39, 0.29) is 10.8 Å². The van der Waals surface area contributed by atoms with Gasteiger partial charge in [-0.2, -0.15) is 0 Å². The molecule has 0 aliphatic heterocycles. The predicted octanol–water partition coefficient (Wildman–Crippen LogP) is 5.28. The molecule has 3 unspecified atom stereocenters. The fourth-order valence-corrected chi connectivity index (χ4v) is 3.57. The Hall–Kier alpha value is -0.170. The second-order valence-electron chi connectivity index (χ2n) is 4.66. The van der Waals surface area contributed by atoms with E-state index in [1.54, 1.807) is 6.07 Å². The summed E-state index contributed by atoms with van der Waals surface area (Å²) >= 11 is 18.4. The van der Waals surface area contributed by atoms with Crippen LogP contribution in [-0.4, -0.2) is 4.87 Å². The van der Waals surface area contributed by atoms with Crippen molar-refractivity contribution in [1.82, 2.24) is 0 Å². The smallest absolute Gasteiger partial charge is 0.0564 e. The van der Waals surface area contributed by atoms with Crippen molar-refractivity contribution >= 4 is 34.8 Å². The molecule has 1 aromatic rings. The second-order valence-corrected chi connectivity index (χ2v) is 6.34. The number of halogens is 3. The molecule has 2 rings (SSSR count). The van der Waals surface area contributed by atoms with E-state index in [2.05, 4.69) is 6.58 Å². The molecule has 0 saturated heterocycles. The van der Waals surface area contributed by atoms with Gasteiger partial charge >= 0.3 is 0 Å². The molecule has 0 bridgehead atoms. The Morgan fingerprint density at radius 3 is 2.12 bits per heavy atom. The van der Waals surface area contributed by atoms with Crippen LogP contribution < -0.4 is 0 Å². The SMILES string of the molecule is C=C(C)C1C(c2cc(Cl)cc(Cl)c2)C1(C)Cl. The molecule has 0 amide bonds. The van der Waals surface area contributed by atoms with Gasteiger partial charge in [-0.3, -0.25) is 0 Å². The number of allylic oxidation sites excluding steroid dienone is 1. The van der Waals surface area contributed by atoms with Crippen LogP contribution in [0.25, 0.3) is 0 Å². The molecule has 1 aliphatic carbocycles. The lowest BCUT2D eigenvalue weighted by molar-refractivity contribution is 0.894. The van der Waals surface area contributed by atoms with E-state index in [1.807, 2.05) is 26.0 Å². The Labute approximate surface area is 111 Å². The maximum Gasteiger partial charge on any atom is 0.0564 e. The van der Waals surface area contributed by atoms with Crippen LogP contribution >= 0.6 is 34.8 Å². The lowest BCUT2D eigenvalue weighted by Crippen LogP contribution is -1.95. The molecule has 1 aromatic carbocycles. The Bertz CT molecular complexity index is 428. The predicted molar refractivity (Wildman–Crippen MR) is 71.8 cm³/mol. The highest BCUT2D eigenvalue weighted by atomic mass is 35.5. The summed E-state index contributed by atoms with van der Waals surface area (Å²) in [6.45, 7) is 8.03. The van der Waals surface area contributed by atoms with Gasteiger partial charge in [0.25, 0.3) is 0 Å². The monoisotopic (exact) mass is 274 g/mol. The van der Waals surface area contributed by atoms with Crippen LogP contribution in [0.5, 0.6) is 0 Å². The normalized spacial score (nSPS) is 32.6. The van der Waals surface area contributed by atoms with Crippen molar-refractivity contribution in [3.8, 4) is 0 Å². The van der Waals surface area contributed by atoms with E-state index >= 15 is 0 Å². The minimum Gasteiger partial charge on any atom is -0.118 e. The molecule has 0 nitrogen and oxygen atoms in total. The molecular weight excluding hydrogens is 263 g/mol. The van der Waals surface area contributed by atoms with E-state index in [9.17, 15) is 0 Å². The number of hydrogen-bond acceptors (Lipinski definition) is 0. The average molecular weight is 276 g/mol. The Morgan fingerprint density at radius 2 is 1.75 bits per heavy atom. The van der Waals surface area contributed by atoms with Crippen LogP contribution in [0.1, 0.15) is 25.3 Å². The van der Waals surface area contributed by atoms with Gasteiger partial charge in [0.2, 0.25) is 0 Å². The lowest BCUT2D eigenvalue weighted by Gasteiger charge is -2.03. The van der Waals surface area contributed by atoms with Gasteiger partial charge in [0.05, 0.1) is 4.87 Å². The molecule has 3 heteroatoms. The third-order valence-corrected chi connectivity index (χ3v) is 4.12. The summed E-state index contributed by atoms with van der Waals surface area (Å²) in [6, 6.07) is 5.60. The first-order valence-electron chi connectivity index (χ1n) is 5.14. The summed E-state index contributed by atoms with van der Waals surface area (Å²) in [4.78, 5) is -0.250. The second kappa shape index (κ2) is 3.94. The highest BCUT2D eigenvalue weighted by Crippen LogP contribution is 2.64. The minimum absolute atomic E-state index is 0.250. The van der Waals surface area contributed by atoms with Gasteiger partial charge in [-0.1, -0.05) is 35.4 Å². The average Bonchev–Trinajstić information content (AvgIpc) is 2.67. The van der Waals surface area contributed by atoms with Gasteiger partial charge in [0.1, 0.15) is 0 Å². The van der Waals surface area contributed by atoms with Crippen molar-refractivity contribution in [1.29, 1.82) is 0 Å². The highest BCUT2D eigenvalue weighted by Gasteiger charge is 2.61.